The van der Waals surface area contributed by atoms with Crippen LogP contribution in [0.1, 0.15) is 27.2 Å². The third-order valence-electron chi connectivity index (χ3n) is 6.02. The highest BCUT2D eigenvalue weighted by atomic mass is 32.2. The molecule has 1 fully saturated rings. The van der Waals surface area contributed by atoms with Crippen LogP contribution in [0.15, 0.2) is 75.2 Å². The molecule has 0 unspecified atom stereocenters. The van der Waals surface area contributed by atoms with Crippen molar-refractivity contribution in [3.05, 3.63) is 83.3 Å². The summed E-state index contributed by atoms with van der Waals surface area (Å²) in [7, 11) is -4.01. The quantitative estimate of drug-likeness (QED) is 0.543. The Labute approximate surface area is 208 Å². The van der Waals surface area contributed by atoms with E-state index in [-0.39, 0.29) is 42.5 Å². The van der Waals surface area contributed by atoms with E-state index in [9.17, 15) is 18.0 Å². The Bertz CT molecular complexity index is 1440. The van der Waals surface area contributed by atoms with Crippen LogP contribution in [0.4, 0.5) is 5.69 Å². The first kappa shape index (κ1) is 23.9. The van der Waals surface area contributed by atoms with E-state index in [2.05, 4.69) is 15.6 Å². The second-order valence-electron chi connectivity index (χ2n) is 8.30. The summed E-state index contributed by atoms with van der Waals surface area (Å²) >= 11 is 0. The maximum atomic E-state index is 13.4. The SMILES string of the molecule is Cc1occ(S(=O)(=O)N2CCOCC2)c1C(=O)N[C@H]1N=C(c2ccccc2)c2ccccc2NC1=O. The molecule has 2 aliphatic heterocycles. The lowest BCUT2D eigenvalue weighted by Crippen LogP contribution is -2.44. The number of amides is 2. The van der Waals surface area contributed by atoms with Crippen LogP contribution in [0, 0.1) is 6.92 Å². The number of morpholine rings is 1. The highest BCUT2D eigenvalue weighted by Gasteiger charge is 2.35. The average Bonchev–Trinajstić information content (AvgIpc) is 3.24. The molecule has 1 atom stereocenters. The number of ether oxygens (including phenoxy) is 1. The number of hydrogen-bond donors (Lipinski definition) is 2. The molecule has 1 aromatic heterocycles. The molecule has 2 N–H and O–H groups in total. The summed E-state index contributed by atoms with van der Waals surface area (Å²) in [6.07, 6.45) is -0.259. The van der Waals surface area contributed by atoms with Crippen molar-refractivity contribution in [1.82, 2.24) is 9.62 Å². The van der Waals surface area contributed by atoms with Crippen LogP contribution in [-0.4, -0.2) is 62.7 Å². The number of benzene rings is 2. The van der Waals surface area contributed by atoms with Gasteiger partial charge in [0.15, 0.2) is 0 Å². The Hall–Kier alpha value is -3.80. The molecule has 11 heteroatoms. The van der Waals surface area contributed by atoms with Crippen molar-refractivity contribution >= 4 is 33.2 Å². The van der Waals surface area contributed by atoms with Gasteiger partial charge in [-0.15, -0.1) is 0 Å². The molecular weight excluding hydrogens is 484 g/mol. The summed E-state index contributed by atoms with van der Waals surface area (Å²) in [6.45, 7) is 2.35. The molecule has 0 aliphatic carbocycles. The number of para-hydroxylation sites is 1. The first-order valence-electron chi connectivity index (χ1n) is 11.4. The highest BCUT2D eigenvalue weighted by molar-refractivity contribution is 7.89. The Morgan fingerprint density at radius 1 is 1.08 bits per heavy atom. The van der Waals surface area contributed by atoms with E-state index in [1.54, 1.807) is 12.1 Å². The number of nitrogens with one attached hydrogen (secondary N) is 2. The summed E-state index contributed by atoms with van der Waals surface area (Å²) < 4.78 is 38.3. The minimum Gasteiger partial charge on any atom is -0.467 e. The Kier molecular flexibility index (Phi) is 6.44. The van der Waals surface area contributed by atoms with Crippen molar-refractivity contribution in [2.24, 2.45) is 4.99 Å². The molecule has 0 spiro atoms. The fourth-order valence-corrected chi connectivity index (χ4v) is 5.77. The van der Waals surface area contributed by atoms with E-state index < -0.39 is 28.0 Å². The number of aliphatic imine (C=N–C) groups is 1. The van der Waals surface area contributed by atoms with Gasteiger partial charge in [0.2, 0.25) is 16.2 Å². The van der Waals surface area contributed by atoms with E-state index in [4.69, 9.17) is 9.15 Å². The first-order valence-corrected chi connectivity index (χ1v) is 12.8. The molecule has 0 radical (unpaired) electrons. The van der Waals surface area contributed by atoms with E-state index in [1.165, 1.54) is 11.2 Å². The number of fused-ring (bicyclic) bond motifs is 1. The van der Waals surface area contributed by atoms with E-state index in [1.807, 2.05) is 42.5 Å². The molecule has 186 valence electrons. The minimum atomic E-state index is -4.01. The Morgan fingerprint density at radius 2 is 1.78 bits per heavy atom. The first-order chi connectivity index (χ1) is 17.4. The smallest absolute Gasteiger partial charge is 0.269 e. The fraction of sp³-hybridized carbons (Fsp3) is 0.240. The molecule has 0 bridgehead atoms. The van der Waals surface area contributed by atoms with Crippen molar-refractivity contribution in [1.29, 1.82) is 0 Å². The summed E-state index contributed by atoms with van der Waals surface area (Å²) in [4.78, 5) is 30.8. The Balaban J connectivity index is 1.50. The minimum absolute atomic E-state index is 0.115. The molecular formula is C25H24N4O6S. The second kappa shape index (κ2) is 9.69. The number of carbonyl (C=O) groups is 2. The second-order valence-corrected chi connectivity index (χ2v) is 10.2. The van der Waals surface area contributed by atoms with Crippen molar-refractivity contribution in [2.75, 3.05) is 31.6 Å². The lowest BCUT2D eigenvalue weighted by atomic mass is 10.0. The number of benzodiazepines with no additional fused rings is 1. The van der Waals surface area contributed by atoms with Crippen molar-refractivity contribution in [2.45, 2.75) is 18.0 Å². The van der Waals surface area contributed by atoms with Crippen molar-refractivity contribution in [3.8, 4) is 0 Å². The zero-order valence-corrected chi connectivity index (χ0v) is 20.2. The van der Waals surface area contributed by atoms with E-state index >= 15 is 0 Å². The van der Waals surface area contributed by atoms with Gasteiger partial charge in [-0.05, 0) is 13.0 Å². The average molecular weight is 509 g/mol. The van der Waals surface area contributed by atoms with E-state index in [0.29, 0.717) is 17.0 Å². The van der Waals surface area contributed by atoms with Crippen LogP contribution in [-0.2, 0) is 19.6 Å². The predicted octanol–water partition coefficient (Wildman–Crippen LogP) is 2.15. The number of rotatable bonds is 5. The third kappa shape index (κ3) is 4.43. The lowest BCUT2D eigenvalue weighted by Gasteiger charge is -2.25. The molecule has 2 amide bonds. The predicted molar refractivity (Wildman–Crippen MR) is 131 cm³/mol. The van der Waals surface area contributed by atoms with Crippen LogP contribution < -0.4 is 10.6 Å². The van der Waals surface area contributed by atoms with Gasteiger partial charge in [-0.1, -0.05) is 48.5 Å². The van der Waals surface area contributed by atoms with Gasteiger partial charge in [0.05, 0.1) is 24.6 Å². The van der Waals surface area contributed by atoms with Crippen molar-refractivity contribution in [3.63, 3.8) is 0 Å². The number of sulfonamides is 1. The van der Waals surface area contributed by atoms with Crippen LogP contribution in [0.2, 0.25) is 0 Å². The number of anilines is 1. The van der Waals surface area contributed by atoms with Crippen LogP contribution >= 0.6 is 0 Å². The van der Waals surface area contributed by atoms with Gasteiger partial charge in [0.1, 0.15) is 22.5 Å². The zero-order valence-electron chi connectivity index (χ0n) is 19.4. The molecule has 5 rings (SSSR count). The van der Waals surface area contributed by atoms with Crippen LogP contribution in [0.3, 0.4) is 0 Å². The highest BCUT2D eigenvalue weighted by Crippen LogP contribution is 2.27. The van der Waals surface area contributed by atoms with Gasteiger partial charge >= 0.3 is 0 Å². The number of hydrogen-bond acceptors (Lipinski definition) is 7. The summed E-state index contributed by atoms with van der Waals surface area (Å²) in [5.41, 5.74) is 2.36. The standard InChI is InChI=1S/C25H24N4O6S/c1-16-21(20(15-35-16)36(32,33)29-11-13-34-14-12-29)24(30)28-23-25(31)26-19-10-6-5-9-18(19)22(27-23)17-7-3-2-4-8-17/h2-10,15,23H,11-14H2,1H3,(H,26,31)(H,28,30)/t23-/m1/s1. The molecule has 2 aliphatic rings. The number of furan rings is 1. The summed E-state index contributed by atoms with van der Waals surface area (Å²) in [6, 6.07) is 16.5. The zero-order chi connectivity index (χ0) is 25.3. The molecule has 3 heterocycles. The summed E-state index contributed by atoms with van der Waals surface area (Å²) in [5, 5.41) is 5.40. The Morgan fingerprint density at radius 3 is 2.53 bits per heavy atom. The van der Waals surface area contributed by atoms with Gasteiger partial charge < -0.3 is 19.8 Å². The van der Waals surface area contributed by atoms with Crippen LogP contribution in [0.5, 0.6) is 0 Å². The van der Waals surface area contributed by atoms with Crippen molar-refractivity contribution < 1.29 is 27.2 Å². The normalized spacial score (nSPS) is 18.5. The maximum absolute atomic E-state index is 13.4. The van der Waals surface area contributed by atoms with Gasteiger partial charge in [-0.3, -0.25) is 9.59 Å². The lowest BCUT2D eigenvalue weighted by molar-refractivity contribution is -0.117. The largest absolute Gasteiger partial charge is 0.467 e. The van der Waals surface area contributed by atoms with Gasteiger partial charge in [-0.2, -0.15) is 4.31 Å². The van der Waals surface area contributed by atoms with E-state index in [0.717, 1.165) is 11.8 Å². The van der Waals surface area contributed by atoms with Gasteiger partial charge in [0.25, 0.3) is 11.8 Å². The number of aryl methyl sites for hydroxylation is 1. The summed E-state index contributed by atoms with van der Waals surface area (Å²) in [5.74, 6) is -1.22. The van der Waals surface area contributed by atoms with Gasteiger partial charge in [-0.25, -0.2) is 13.4 Å². The molecule has 3 aromatic rings. The molecule has 36 heavy (non-hydrogen) atoms. The number of nitrogens with zero attached hydrogens (tertiary/aromatic N) is 2. The van der Waals surface area contributed by atoms with Crippen LogP contribution in [0.25, 0.3) is 0 Å². The van der Waals surface area contributed by atoms with Gasteiger partial charge in [0, 0.05) is 24.2 Å². The number of carbonyl (C=O) groups excluding carboxylic acids is 2. The topological polar surface area (TPSA) is 130 Å². The maximum Gasteiger partial charge on any atom is 0.269 e. The third-order valence-corrected chi connectivity index (χ3v) is 7.92. The molecule has 1 saturated heterocycles. The molecule has 0 saturated carbocycles. The fourth-order valence-electron chi connectivity index (χ4n) is 4.20. The monoisotopic (exact) mass is 508 g/mol. The molecule has 10 nitrogen and oxygen atoms in total. The molecule has 2 aromatic carbocycles.